The third kappa shape index (κ3) is 2.96. The number of carbonyl (C=O) groups excluding carboxylic acids is 3. The predicted octanol–water partition coefficient (Wildman–Crippen LogP) is 2.84. The number of aliphatic hydroxyl groups excluding tert-OH is 1. The van der Waals surface area contributed by atoms with E-state index < -0.39 is 0 Å². The maximum absolute atomic E-state index is 12.2. The molecule has 5 nitrogen and oxygen atoms in total. The zero-order valence-corrected chi connectivity index (χ0v) is 12.8. The number of benzene rings is 2. The summed E-state index contributed by atoms with van der Waals surface area (Å²) in [5, 5.41) is 9.92. The van der Waals surface area contributed by atoms with Gasteiger partial charge in [-0.1, -0.05) is 42.5 Å². The van der Waals surface area contributed by atoms with E-state index in [-0.39, 0.29) is 36.3 Å². The number of hydrogen-bond acceptors (Lipinski definition) is 4. The number of fused-ring (bicyclic) bond motifs is 1. The maximum atomic E-state index is 12.2. The lowest BCUT2D eigenvalue weighted by Crippen LogP contribution is -2.31. The fraction of sp³-hybridized carbons (Fsp3) is 0.105. The number of amides is 2. The molecule has 0 saturated carbocycles. The molecule has 0 unspecified atom stereocenters. The highest BCUT2D eigenvalue weighted by molar-refractivity contribution is 6.21. The number of carbonyl (C=O) groups is 3. The first kappa shape index (κ1) is 15.7. The van der Waals surface area contributed by atoms with Gasteiger partial charge in [0.15, 0.2) is 5.78 Å². The zero-order valence-electron chi connectivity index (χ0n) is 12.8. The van der Waals surface area contributed by atoms with Crippen molar-refractivity contribution in [2.75, 3.05) is 6.54 Å². The van der Waals surface area contributed by atoms with Gasteiger partial charge in [-0.3, -0.25) is 19.3 Å². The van der Waals surface area contributed by atoms with Crippen LogP contribution < -0.4 is 0 Å². The van der Waals surface area contributed by atoms with E-state index in [1.54, 1.807) is 54.6 Å². The molecule has 0 saturated heterocycles. The minimum atomic E-state index is -0.389. The lowest BCUT2D eigenvalue weighted by atomic mass is 10.1. The molecule has 0 fully saturated rings. The Bertz CT molecular complexity index is 804. The Morgan fingerprint density at radius 3 is 2.04 bits per heavy atom. The Balaban J connectivity index is 1.66. The Morgan fingerprint density at radius 1 is 0.917 bits per heavy atom. The van der Waals surface area contributed by atoms with Crippen molar-refractivity contribution in [3.05, 3.63) is 77.4 Å². The van der Waals surface area contributed by atoms with Gasteiger partial charge < -0.3 is 5.11 Å². The summed E-state index contributed by atoms with van der Waals surface area (Å²) in [5.41, 5.74) is 1.25. The van der Waals surface area contributed by atoms with Crippen LogP contribution in [-0.4, -0.2) is 34.1 Å². The second-order valence-corrected chi connectivity index (χ2v) is 5.42. The summed E-state index contributed by atoms with van der Waals surface area (Å²) in [6, 6.07) is 15.3. The molecule has 5 heteroatoms. The molecule has 0 radical (unpaired) electrons. The van der Waals surface area contributed by atoms with Gasteiger partial charge >= 0.3 is 0 Å². The molecule has 0 bridgehead atoms. The monoisotopic (exact) mass is 321 g/mol. The minimum absolute atomic E-state index is 0.0102. The first-order valence-electron chi connectivity index (χ1n) is 7.52. The second kappa shape index (κ2) is 6.50. The van der Waals surface area contributed by atoms with E-state index in [0.29, 0.717) is 16.7 Å². The van der Waals surface area contributed by atoms with Gasteiger partial charge in [-0.25, -0.2) is 0 Å². The number of allylic oxidation sites excluding steroid dienone is 1. The van der Waals surface area contributed by atoms with Crippen molar-refractivity contribution in [1.82, 2.24) is 4.90 Å². The fourth-order valence-corrected chi connectivity index (χ4v) is 2.58. The third-order valence-corrected chi connectivity index (χ3v) is 3.83. The van der Waals surface area contributed by atoms with E-state index in [1.807, 2.05) is 0 Å². The molecule has 2 aromatic rings. The van der Waals surface area contributed by atoms with E-state index in [9.17, 15) is 19.5 Å². The van der Waals surface area contributed by atoms with Crippen LogP contribution in [-0.2, 0) is 4.79 Å². The van der Waals surface area contributed by atoms with Gasteiger partial charge in [-0.05, 0) is 12.1 Å². The van der Waals surface area contributed by atoms with Crippen LogP contribution in [0.2, 0.25) is 0 Å². The first-order valence-corrected chi connectivity index (χ1v) is 7.52. The Kier molecular flexibility index (Phi) is 4.24. The first-order chi connectivity index (χ1) is 11.6. The summed E-state index contributed by atoms with van der Waals surface area (Å²) >= 11 is 0. The van der Waals surface area contributed by atoms with Crippen LogP contribution in [0, 0.1) is 0 Å². The standard InChI is InChI=1S/C19H15NO4/c21-14(12-17(22)13-6-2-1-3-7-13)10-11-20-18(23)15-8-4-5-9-16(15)19(20)24/h1-9,12,22H,10-11H2/b17-12+. The van der Waals surface area contributed by atoms with Crippen molar-refractivity contribution in [1.29, 1.82) is 0 Å². The number of ketones is 1. The largest absolute Gasteiger partial charge is 0.507 e. The van der Waals surface area contributed by atoms with Gasteiger partial charge in [0, 0.05) is 24.6 Å². The van der Waals surface area contributed by atoms with Gasteiger partial charge in [0.05, 0.1) is 11.1 Å². The average molecular weight is 321 g/mol. The summed E-state index contributed by atoms with van der Waals surface area (Å²) in [5.74, 6) is -1.27. The summed E-state index contributed by atoms with van der Waals surface area (Å²) in [4.78, 5) is 37.4. The van der Waals surface area contributed by atoms with Crippen LogP contribution in [0.4, 0.5) is 0 Å². The van der Waals surface area contributed by atoms with Crippen LogP contribution in [0.15, 0.2) is 60.7 Å². The lowest BCUT2D eigenvalue weighted by molar-refractivity contribution is -0.114. The molecule has 1 N–H and O–H groups in total. The van der Waals surface area contributed by atoms with E-state index in [2.05, 4.69) is 0 Å². The summed E-state index contributed by atoms with van der Waals surface area (Å²) in [6.07, 6.45) is 1.08. The van der Waals surface area contributed by atoms with E-state index in [0.717, 1.165) is 11.0 Å². The normalized spacial score (nSPS) is 14.0. The summed E-state index contributed by atoms with van der Waals surface area (Å²) in [6.45, 7) is -0.0102. The van der Waals surface area contributed by atoms with E-state index in [4.69, 9.17) is 0 Å². The third-order valence-electron chi connectivity index (χ3n) is 3.83. The fourth-order valence-electron chi connectivity index (χ4n) is 2.58. The van der Waals surface area contributed by atoms with E-state index in [1.165, 1.54) is 0 Å². The molecule has 2 aromatic carbocycles. The molecule has 0 atom stereocenters. The highest BCUT2D eigenvalue weighted by Gasteiger charge is 2.34. The van der Waals surface area contributed by atoms with Crippen molar-refractivity contribution in [3.8, 4) is 0 Å². The highest BCUT2D eigenvalue weighted by atomic mass is 16.3. The second-order valence-electron chi connectivity index (χ2n) is 5.42. The van der Waals surface area contributed by atoms with Crippen LogP contribution in [0.25, 0.3) is 5.76 Å². The van der Waals surface area contributed by atoms with Gasteiger partial charge in [0.2, 0.25) is 0 Å². The van der Waals surface area contributed by atoms with Crippen LogP contribution in [0.3, 0.4) is 0 Å². The average Bonchev–Trinajstić information content (AvgIpc) is 2.85. The summed E-state index contributed by atoms with van der Waals surface area (Å²) in [7, 11) is 0. The number of rotatable bonds is 5. The Hall–Kier alpha value is -3.21. The predicted molar refractivity (Wildman–Crippen MR) is 88.5 cm³/mol. The van der Waals surface area contributed by atoms with Crippen molar-refractivity contribution in [3.63, 3.8) is 0 Å². The van der Waals surface area contributed by atoms with E-state index >= 15 is 0 Å². The van der Waals surface area contributed by atoms with Gasteiger partial charge in [0.1, 0.15) is 5.76 Å². The van der Waals surface area contributed by atoms with Crippen molar-refractivity contribution >= 4 is 23.4 Å². The topological polar surface area (TPSA) is 74.7 Å². The van der Waals surface area contributed by atoms with Crippen LogP contribution in [0.1, 0.15) is 32.7 Å². The molecular formula is C19H15NO4. The minimum Gasteiger partial charge on any atom is -0.507 e. The molecule has 1 aliphatic heterocycles. The molecule has 0 spiro atoms. The smallest absolute Gasteiger partial charge is 0.261 e. The molecule has 24 heavy (non-hydrogen) atoms. The zero-order chi connectivity index (χ0) is 17.1. The molecule has 3 rings (SSSR count). The Labute approximate surface area is 138 Å². The molecule has 0 aromatic heterocycles. The van der Waals surface area contributed by atoms with Crippen molar-refractivity contribution < 1.29 is 19.5 Å². The highest BCUT2D eigenvalue weighted by Crippen LogP contribution is 2.22. The van der Waals surface area contributed by atoms with Crippen LogP contribution >= 0.6 is 0 Å². The molecule has 0 aliphatic carbocycles. The van der Waals surface area contributed by atoms with Crippen molar-refractivity contribution in [2.24, 2.45) is 0 Å². The number of imide groups is 1. The molecule has 1 heterocycles. The number of hydrogen-bond donors (Lipinski definition) is 1. The van der Waals surface area contributed by atoms with Crippen molar-refractivity contribution in [2.45, 2.75) is 6.42 Å². The molecule has 1 aliphatic rings. The molecular weight excluding hydrogens is 306 g/mol. The number of aliphatic hydroxyl groups is 1. The maximum Gasteiger partial charge on any atom is 0.261 e. The Morgan fingerprint density at radius 2 is 1.46 bits per heavy atom. The molecule has 2 amide bonds. The van der Waals surface area contributed by atoms with Gasteiger partial charge in [-0.2, -0.15) is 0 Å². The van der Waals surface area contributed by atoms with Gasteiger partial charge in [0.25, 0.3) is 11.8 Å². The van der Waals surface area contributed by atoms with Gasteiger partial charge in [-0.15, -0.1) is 0 Å². The lowest BCUT2D eigenvalue weighted by Gasteiger charge is -2.12. The SMILES string of the molecule is O=C(/C=C(/O)c1ccccc1)CCN1C(=O)c2ccccc2C1=O. The van der Waals surface area contributed by atoms with Crippen LogP contribution in [0.5, 0.6) is 0 Å². The molecule has 120 valence electrons. The number of nitrogens with zero attached hydrogens (tertiary/aromatic N) is 1. The quantitative estimate of drug-likeness (QED) is 0.522. The summed E-state index contributed by atoms with van der Waals surface area (Å²) < 4.78 is 0.